The molecule has 2 fully saturated rings. The molecular weight excluding hydrogens is 262 g/mol. The number of aryl methyl sites for hydroxylation is 1. The van der Waals surface area contributed by atoms with Crippen molar-refractivity contribution in [3.8, 4) is 0 Å². The number of hydrogen-bond donors (Lipinski definition) is 2. The molecule has 1 aromatic carbocycles. The number of piperidine rings is 1. The first kappa shape index (κ1) is 14.4. The van der Waals surface area contributed by atoms with Crippen molar-refractivity contribution >= 4 is 11.7 Å². The Kier molecular flexibility index (Phi) is 4.15. The second-order valence-corrected chi connectivity index (χ2v) is 6.44. The Balaban J connectivity index is 1.64. The predicted molar refractivity (Wildman–Crippen MR) is 85.6 cm³/mol. The summed E-state index contributed by atoms with van der Waals surface area (Å²) in [7, 11) is 0. The molecule has 0 radical (unpaired) electrons. The van der Waals surface area contributed by atoms with E-state index in [9.17, 15) is 4.79 Å². The van der Waals surface area contributed by atoms with Gasteiger partial charge in [-0.1, -0.05) is 19.1 Å². The third-order valence-corrected chi connectivity index (χ3v) is 4.87. The molecule has 2 heterocycles. The predicted octanol–water partition coefficient (Wildman–Crippen LogP) is 2.86. The number of nitrogens with one attached hydrogen (secondary N) is 2. The second kappa shape index (κ2) is 6.06. The first-order valence-electron chi connectivity index (χ1n) is 8.06. The Hall–Kier alpha value is -1.55. The second-order valence-electron chi connectivity index (χ2n) is 6.44. The molecule has 2 aliphatic rings. The van der Waals surface area contributed by atoms with Gasteiger partial charge >= 0.3 is 6.03 Å². The zero-order valence-electron chi connectivity index (χ0n) is 12.8. The van der Waals surface area contributed by atoms with Crippen LogP contribution in [0.2, 0.25) is 0 Å². The number of urea groups is 1. The smallest absolute Gasteiger partial charge is 0.321 e. The van der Waals surface area contributed by atoms with Gasteiger partial charge in [-0.05, 0) is 49.9 Å². The quantitative estimate of drug-likeness (QED) is 0.878. The molecule has 0 bridgehead atoms. The fraction of sp³-hybridized carbons (Fsp3) is 0.588. The van der Waals surface area contributed by atoms with Gasteiger partial charge in [-0.3, -0.25) is 0 Å². The highest BCUT2D eigenvalue weighted by atomic mass is 16.2. The summed E-state index contributed by atoms with van der Waals surface area (Å²) in [5.74, 6) is 0. The van der Waals surface area contributed by atoms with Crippen LogP contribution in [0.15, 0.2) is 24.3 Å². The third kappa shape index (κ3) is 3.21. The minimum absolute atomic E-state index is 0.0502. The number of likely N-dealkylation sites (tertiary alicyclic amines) is 1. The normalized spacial score (nSPS) is 25.3. The van der Waals surface area contributed by atoms with Gasteiger partial charge in [0, 0.05) is 30.7 Å². The molecule has 0 aliphatic carbocycles. The summed E-state index contributed by atoms with van der Waals surface area (Å²) in [6, 6.07) is 8.18. The van der Waals surface area contributed by atoms with Gasteiger partial charge in [-0.25, -0.2) is 4.79 Å². The lowest BCUT2D eigenvalue weighted by Gasteiger charge is -2.39. The van der Waals surface area contributed by atoms with Gasteiger partial charge in [0.15, 0.2) is 0 Å². The van der Waals surface area contributed by atoms with Crippen molar-refractivity contribution in [3.63, 3.8) is 0 Å². The van der Waals surface area contributed by atoms with Gasteiger partial charge in [-0.15, -0.1) is 0 Å². The lowest BCUT2D eigenvalue weighted by Crippen LogP contribution is -2.48. The van der Waals surface area contributed by atoms with E-state index in [1.54, 1.807) is 0 Å². The van der Waals surface area contributed by atoms with Gasteiger partial charge in [0.1, 0.15) is 0 Å². The van der Waals surface area contributed by atoms with Gasteiger partial charge in [0.2, 0.25) is 0 Å². The average molecular weight is 287 g/mol. The fourth-order valence-electron chi connectivity index (χ4n) is 3.60. The number of carbonyl (C=O) groups is 1. The topological polar surface area (TPSA) is 44.4 Å². The van der Waals surface area contributed by atoms with E-state index in [0.29, 0.717) is 5.41 Å². The van der Waals surface area contributed by atoms with Crippen molar-refractivity contribution in [1.29, 1.82) is 0 Å². The first-order valence-corrected chi connectivity index (χ1v) is 8.06. The maximum atomic E-state index is 12.5. The van der Waals surface area contributed by atoms with Crippen molar-refractivity contribution < 1.29 is 4.79 Å². The highest BCUT2D eigenvalue weighted by Crippen LogP contribution is 2.35. The van der Waals surface area contributed by atoms with Gasteiger partial charge in [0.05, 0.1) is 0 Å². The van der Waals surface area contributed by atoms with Crippen LogP contribution in [-0.4, -0.2) is 37.1 Å². The molecule has 1 aromatic rings. The van der Waals surface area contributed by atoms with Crippen LogP contribution in [0.5, 0.6) is 0 Å². The molecule has 1 atom stereocenters. The molecule has 2 saturated heterocycles. The molecule has 2 amide bonds. The average Bonchev–Trinajstić information content (AvgIpc) is 2.95. The van der Waals surface area contributed by atoms with Crippen molar-refractivity contribution in [3.05, 3.63) is 29.8 Å². The van der Waals surface area contributed by atoms with Gasteiger partial charge < -0.3 is 15.5 Å². The third-order valence-electron chi connectivity index (χ3n) is 4.87. The van der Waals surface area contributed by atoms with E-state index in [1.165, 1.54) is 18.4 Å². The zero-order valence-corrected chi connectivity index (χ0v) is 12.8. The van der Waals surface area contributed by atoms with Gasteiger partial charge in [-0.2, -0.15) is 0 Å². The van der Waals surface area contributed by atoms with Crippen LogP contribution in [0.1, 0.15) is 31.7 Å². The van der Waals surface area contributed by atoms with E-state index in [4.69, 9.17) is 0 Å². The molecule has 0 saturated carbocycles. The molecule has 4 heteroatoms. The number of hydrogen-bond acceptors (Lipinski definition) is 2. The molecule has 0 aromatic heterocycles. The summed E-state index contributed by atoms with van der Waals surface area (Å²) in [5.41, 5.74) is 2.48. The maximum Gasteiger partial charge on any atom is 0.321 e. The Morgan fingerprint density at radius 3 is 3.10 bits per heavy atom. The first-order chi connectivity index (χ1) is 10.2. The van der Waals surface area contributed by atoms with Crippen molar-refractivity contribution in [2.24, 2.45) is 5.41 Å². The van der Waals surface area contributed by atoms with Gasteiger partial charge in [0.25, 0.3) is 0 Å². The molecule has 21 heavy (non-hydrogen) atoms. The van der Waals surface area contributed by atoms with E-state index in [1.807, 2.05) is 17.0 Å². The molecule has 1 spiro atoms. The minimum Gasteiger partial charge on any atom is -0.324 e. The van der Waals surface area contributed by atoms with E-state index < -0.39 is 0 Å². The Bertz CT molecular complexity index is 509. The molecular formula is C17H25N3O. The van der Waals surface area contributed by atoms with Crippen LogP contribution in [0.4, 0.5) is 10.5 Å². The highest BCUT2D eigenvalue weighted by molar-refractivity contribution is 5.89. The van der Waals surface area contributed by atoms with E-state index in [-0.39, 0.29) is 6.03 Å². The molecule has 3 rings (SSSR count). The Labute approximate surface area is 126 Å². The SMILES string of the molecule is CCc1cccc(NC(=O)N2CCCC3(CCNC3)C2)c1. The largest absolute Gasteiger partial charge is 0.324 e. The summed E-state index contributed by atoms with van der Waals surface area (Å²) >= 11 is 0. The summed E-state index contributed by atoms with van der Waals surface area (Å²) in [4.78, 5) is 14.5. The Morgan fingerprint density at radius 1 is 1.43 bits per heavy atom. The van der Waals surface area contributed by atoms with Crippen LogP contribution in [-0.2, 0) is 6.42 Å². The lowest BCUT2D eigenvalue weighted by molar-refractivity contribution is 0.125. The van der Waals surface area contributed by atoms with Crippen molar-refractivity contribution in [1.82, 2.24) is 10.2 Å². The van der Waals surface area contributed by atoms with Crippen LogP contribution in [0.25, 0.3) is 0 Å². The molecule has 114 valence electrons. The molecule has 2 aliphatic heterocycles. The lowest BCUT2D eigenvalue weighted by atomic mass is 9.79. The fourth-order valence-corrected chi connectivity index (χ4v) is 3.60. The summed E-state index contributed by atoms with van der Waals surface area (Å²) < 4.78 is 0. The van der Waals surface area contributed by atoms with Crippen molar-refractivity contribution in [2.75, 3.05) is 31.5 Å². The Morgan fingerprint density at radius 2 is 2.33 bits per heavy atom. The molecule has 1 unspecified atom stereocenters. The summed E-state index contributed by atoms with van der Waals surface area (Å²) in [6.07, 6.45) is 4.55. The number of nitrogens with zero attached hydrogens (tertiary/aromatic N) is 1. The van der Waals surface area contributed by atoms with E-state index in [2.05, 4.69) is 29.7 Å². The molecule has 4 nitrogen and oxygen atoms in total. The van der Waals surface area contributed by atoms with Crippen LogP contribution < -0.4 is 10.6 Å². The zero-order chi connectivity index (χ0) is 14.7. The maximum absolute atomic E-state index is 12.5. The van der Waals surface area contributed by atoms with E-state index in [0.717, 1.165) is 44.7 Å². The number of rotatable bonds is 2. The number of amides is 2. The van der Waals surface area contributed by atoms with Crippen LogP contribution in [0, 0.1) is 5.41 Å². The summed E-state index contributed by atoms with van der Waals surface area (Å²) in [5, 5.41) is 6.51. The highest BCUT2D eigenvalue weighted by Gasteiger charge is 2.39. The summed E-state index contributed by atoms with van der Waals surface area (Å²) in [6.45, 7) is 6.04. The minimum atomic E-state index is 0.0502. The number of carbonyl (C=O) groups excluding carboxylic acids is 1. The van der Waals surface area contributed by atoms with Crippen LogP contribution in [0.3, 0.4) is 0 Å². The number of anilines is 1. The van der Waals surface area contributed by atoms with E-state index >= 15 is 0 Å². The molecule has 2 N–H and O–H groups in total. The van der Waals surface area contributed by atoms with Crippen molar-refractivity contribution in [2.45, 2.75) is 32.6 Å². The standard InChI is InChI=1S/C17H25N3O/c1-2-14-5-3-6-15(11-14)19-16(21)20-10-4-7-17(13-20)8-9-18-12-17/h3,5-6,11,18H,2,4,7-10,12-13H2,1H3,(H,19,21). The van der Waals surface area contributed by atoms with Crippen LogP contribution >= 0.6 is 0 Å². The monoisotopic (exact) mass is 287 g/mol. The number of benzene rings is 1.